The summed E-state index contributed by atoms with van der Waals surface area (Å²) in [5.41, 5.74) is 6.11. The van der Waals surface area contributed by atoms with Gasteiger partial charge >= 0.3 is 0 Å². The fourth-order valence-electron chi connectivity index (χ4n) is 4.93. The van der Waals surface area contributed by atoms with Gasteiger partial charge in [0.25, 0.3) is 0 Å². The molecule has 0 fully saturated rings. The number of hydrogen-bond acceptors (Lipinski definition) is 4. The fraction of sp³-hybridized carbons (Fsp3) is 0.250. The molecule has 0 unspecified atom stereocenters. The number of ether oxygens (including phenoxy) is 4. The summed E-state index contributed by atoms with van der Waals surface area (Å²) in [5.74, 6) is 2.98. The molecule has 7 heteroatoms. The highest BCUT2D eigenvalue weighted by molar-refractivity contribution is 9.10. The molecule has 1 aromatic heterocycles. The zero-order chi connectivity index (χ0) is 23.8. The van der Waals surface area contributed by atoms with Crippen molar-refractivity contribution >= 4 is 26.7 Å². The van der Waals surface area contributed by atoms with E-state index in [0.717, 1.165) is 57.6 Å². The minimum Gasteiger partial charge on any atom is -1.00 e. The van der Waals surface area contributed by atoms with Gasteiger partial charge in [-0.25, -0.2) is 0 Å². The first kappa shape index (κ1) is 25.6. The Kier molecular flexibility index (Phi) is 7.76. The molecule has 0 aliphatic carbocycles. The van der Waals surface area contributed by atoms with Crippen LogP contribution in [0, 0.1) is 0 Å². The van der Waals surface area contributed by atoms with Crippen LogP contribution in [0.2, 0.25) is 0 Å². The van der Waals surface area contributed by atoms with Gasteiger partial charge in [0.2, 0.25) is 5.69 Å². The summed E-state index contributed by atoms with van der Waals surface area (Å²) in [6.07, 6.45) is 3.88. The van der Waals surface area contributed by atoms with Crippen molar-refractivity contribution in [3.8, 4) is 34.3 Å². The molecule has 2 heterocycles. The summed E-state index contributed by atoms with van der Waals surface area (Å²) in [6, 6.07) is 16.9. The number of benzene rings is 3. The first-order valence-corrected chi connectivity index (χ1v) is 12.0. The van der Waals surface area contributed by atoms with Crippen LogP contribution in [0.3, 0.4) is 0 Å². The van der Waals surface area contributed by atoms with Crippen LogP contribution in [0.5, 0.6) is 23.0 Å². The van der Waals surface area contributed by atoms with Crippen molar-refractivity contribution in [2.75, 3.05) is 28.4 Å². The topological polar surface area (TPSA) is 40.8 Å². The molecule has 1 aliphatic heterocycles. The van der Waals surface area contributed by atoms with E-state index in [1.54, 1.807) is 28.4 Å². The quantitative estimate of drug-likeness (QED) is 0.239. The zero-order valence-corrected chi connectivity index (χ0v) is 23.9. The molecule has 0 saturated carbocycles. The number of hydrogen-bond donors (Lipinski definition) is 0. The number of pyridine rings is 1. The minimum absolute atomic E-state index is 0. The van der Waals surface area contributed by atoms with Crippen molar-refractivity contribution in [2.45, 2.75) is 19.4 Å². The maximum absolute atomic E-state index is 5.82. The first-order chi connectivity index (χ1) is 16.6. The average molecular weight is 648 g/mol. The standard InChI is InChI=1S/C28H27BrNO4.HI/c1-31-24-10-9-20-22(13-17-5-7-19(29)8-6-17)27-21-15-26(33-3)25(32-2)14-18(21)11-12-30(27)16-23(20)28(24)34-4;/h5-10,14-16H,11-13H2,1-4H3;1H/q+1;/p-1. The molecule has 0 N–H and O–H groups in total. The molecule has 0 atom stereocenters. The van der Waals surface area contributed by atoms with E-state index in [9.17, 15) is 0 Å². The normalized spacial score (nSPS) is 11.8. The fourth-order valence-corrected chi connectivity index (χ4v) is 5.20. The minimum atomic E-state index is 0. The van der Waals surface area contributed by atoms with Crippen molar-refractivity contribution in [3.63, 3.8) is 0 Å². The van der Waals surface area contributed by atoms with Crippen LogP contribution in [-0.4, -0.2) is 28.4 Å². The Bertz CT molecular complexity index is 1390. The Morgan fingerprint density at radius 1 is 0.800 bits per heavy atom. The number of nitrogens with zero attached hydrogens (tertiary/aromatic N) is 1. The summed E-state index contributed by atoms with van der Waals surface area (Å²) < 4.78 is 26.1. The van der Waals surface area contributed by atoms with Gasteiger partial charge in [-0.05, 0) is 47.5 Å². The lowest BCUT2D eigenvalue weighted by Gasteiger charge is -2.22. The highest BCUT2D eigenvalue weighted by Crippen LogP contribution is 2.43. The van der Waals surface area contributed by atoms with E-state index in [-0.39, 0.29) is 24.0 Å². The molecule has 3 aromatic carbocycles. The van der Waals surface area contributed by atoms with Gasteiger partial charge in [0.05, 0.1) is 39.4 Å². The lowest BCUT2D eigenvalue weighted by Crippen LogP contribution is -3.00. The average Bonchev–Trinajstić information content (AvgIpc) is 2.87. The Hall–Kier alpha value is -2.52. The molecular formula is C28H27BrINO4. The molecular weight excluding hydrogens is 621 g/mol. The van der Waals surface area contributed by atoms with Crippen LogP contribution < -0.4 is 47.5 Å². The van der Waals surface area contributed by atoms with Crippen LogP contribution >= 0.6 is 15.9 Å². The second-order valence-corrected chi connectivity index (χ2v) is 9.25. The third-order valence-electron chi connectivity index (χ3n) is 6.55. The molecule has 1 aliphatic rings. The number of rotatable bonds is 6. The second-order valence-electron chi connectivity index (χ2n) is 8.33. The Balaban J connectivity index is 0.00000289. The van der Waals surface area contributed by atoms with Crippen LogP contribution in [-0.2, 0) is 19.4 Å². The van der Waals surface area contributed by atoms with Crippen molar-refractivity contribution in [3.05, 3.63) is 75.9 Å². The van der Waals surface area contributed by atoms with E-state index in [1.807, 2.05) is 6.07 Å². The second kappa shape index (κ2) is 10.6. The van der Waals surface area contributed by atoms with Crippen molar-refractivity contribution in [1.29, 1.82) is 0 Å². The first-order valence-electron chi connectivity index (χ1n) is 11.2. The lowest BCUT2D eigenvalue weighted by atomic mass is 9.88. The Morgan fingerprint density at radius 3 is 2.14 bits per heavy atom. The van der Waals surface area contributed by atoms with E-state index in [1.165, 1.54) is 27.9 Å². The van der Waals surface area contributed by atoms with Crippen molar-refractivity contribution < 1.29 is 47.5 Å². The van der Waals surface area contributed by atoms with E-state index < -0.39 is 0 Å². The predicted molar refractivity (Wildman–Crippen MR) is 136 cm³/mol. The maximum atomic E-state index is 5.82. The summed E-state index contributed by atoms with van der Waals surface area (Å²) >= 11 is 3.56. The van der Waals surface area contributed by atoms with Crippen molar-refractivity contribution in [2.24, 2.45) is 0 Å². The Morgan fingerprint density at radius 2 is 1.49 bits per heavy atom. The monoisotopic (exact) mass is 647 g/mol. The third kappa shape index (κ3) is 4.56. The maximum Gasteiger partial charge on any atom is 0.217 e. The number of aryl methyl sites for hydroxylation is 2. The van der Waals surface area contributed by atoms with E-state index in [2.05, 4.69) is 69.2 Å². The lowest BCUT2D eigenvalue weighted by molar-refractivity contribution is -0.686. The number of halogens is 2. The molecule has 5 nitrogen and oxygen atoms in total. The smallest absolute Gasteiger partial charge is 0.217 e. The highest BCUT2D eigenvalue weighted by Gasteiger charge is 2.31. The summed E-state index contributed by atoms with van der Waals surface area (Å²) in [7, 11) is 6.74. The van der Waals surface area contributed by atoms with E-state index >= 15 is 0 Å². The molecule has 0 saturated heterocycles. The molecule has 0 amide bonds. The number of methoxy groups -OCH3 is 4. The van der Waals surface area contributed by atoms with Gasteiger partial charge in [-0.2, -0.15) is 4.57 Å². The van der Waals surface area contributed by atoms with Gasteiger partial charge < -0.3 is 42.9 Å². The zero-order valence-electron chi connectivity index (χ0n) is 20.2. The van der Waals surface area contributed by atoms with Gasteiger partial charge in [0, 0.05) is 28.3 Å². The van der Waals surface area contributed by atoms with E-state index in [0.29, 0.717) is 0 Å². The largest absolute Gasteiger partial charge is 1.00 e. The molecule has 35 heavy (non-hydrogen) atoms. The van der Waals surface area contributed by atoms with Gasteiger partial charge in [0.1, 0.15) is 0 Å². The van der Waals surface area contributed by atoms with Crippen LogP contribution in [0.4, 0.5) is 0 Å². The van der Waals surface area contributed by atoms with E-state index in [4.69, 9.17) is 18.9 Å². The summed E-state index contributed by atoms with van der Waals surface area (Å²) in [6.45, 7) is 0.863. The molecule has 0 bridgehead atoms. The molecule has 4 aromatic rings. The SMILES string of the molecule is COc1cc2c(cc1OC)-c1c(Cc3ccc(Br)cc3)c3ccc(OC)c(OC)c3c[n+]1CC2.[I-]. The highest BCUT2D eigenvalue weighted by atomic mass is 127. The molecule has 0 spiro atoms. The van der Waals surface area contributed by atoms with Gasteiger partial charge in [0.15, 0.2) is 35.7 Å². The number of fused-ring (bicyclic) bond motifs is 4. The molecule has 0 radical (unpaired) electrons. The van der Waals surface area contributed by atoms with Gasteiger partial charge in [-0.1, -0.05) is 28.1 Å². The number of aromatic nitrogens is 1. The van der Waals surface area contributed by atoms with Gasteiger partial charge in [-0.15, -0.1) is 0 Å². The third-order valence-corrected chi connectivity index (χ3v) is 7.08. The van der Waals surface area contributed by atoms with Crippen LogP contribution in [0.25, 0.3) is 22.0 Å². The Labute approximate surface area is 231 Å². The predicted octanol–water partition coefficient (Wildman–Crippen LogP) is 2.74. The van der Waals surface area contributed by atoms with Gasteiger partial charge in [-0.3, -0.25) is 0 Å². The molecule has 5 rings (SSSR count). The van der Waals surface area contributed by atoms with Crippen LogP contribution in [0.15, 0.2) is 59.2 Å². The summed E-state index contributed by atoms with van der Waals surface area (Å²) in [4.78, 5) is 0. The summed E-state index contributed by atoms with van der Waals surface area (Å²) in [5, 5.41) is 2.19. The molecule has 182 valence electrons. The van der Waals surface area contributed by atoms with Crippen LogP contribution in [0.1, 0.15) is 16.7 Å². The van der Waals surface area contributed by atoms with Crippen molar-refractivity contribution in [1.82, 2.24) is 0 Å².